The Morgan fingerprint density at radius 1 is 0.493 bits per heavy atom. The zero-order valence-corrected chi connectivity index (χ0v) is 48.6. The molecule has 418 valence electrons. The lowest BCUT2D eigenvalue weighted by molar-refractivity contribution is -0.870. The van der Waals surface area contributed by atoms with E-state index in [2.05, 4.69) is 55.6 Å². The number of hydrogen-bond donors (Lipinski definition) is 2. The van der Waals surface area contributed by atoms with Crippen LogP contribution in [0, 0.1) is 0 Å². The molecule has 0 aliphatic carbocycles. The molecule has 0 aromatic rings. The molecular weight excluding hydrogens is 900 g/mol. The fraction of sp³-hybridized carbons (Fsp3) is 0.855. The van der Waals surface area contributed by atoms with E-state index in [0.717, 1.165) is 44.9 Å². The van der Waals surface area contributed by atoms with E-state index in [9.17, 15) is 19.4 Å². The summed E-state index contributed by atoms with van der Waals surface area (Å²) in [5.41, 5.74) is 0. The van der Waals surface area contributed by atoms with E-state index >= 15 is 0 Å². The Bertz CT molecular complexity index is 1290. The van der Waals surface area contributed by atoms with Crippen LogP contribution in [0.5, 0.6) is 0 Å². The van der Waals surface area contributed by atoms with Crippen LogP contribution in [0.2, 0.25) is 0 Å². The van der Waals surface area contributed by atoms with Crippen LogP contribution in [0.1, 0.15) is 290 Å². The Morgan fingerprint density at radius 3 is 1.23 bits per heavy atom. The number of likely N-dealkylation sites (N-methyl/N-ethyl adjacent to an activating group) is 1. The Hall–Kier alpha value is -1.54. The van der Waals surface area contributed by atoms with Crippen LogP contribution in [0.15, 0.2) is 48.6 Å². The number of aliphatic hydroxyl groups is 1. The molecule has 0 aliphatic rings. The van der Waals surface area contributed by atoms with Crippen molar-refractivity contribution in [2.75, 3.05) is 40.9 Å². The van der Waals surface area contributed by atoms with Crippen molar-refractivity contribution in [3.8, 4) is 0 Å². The van der Waals surface area contributed by atoms with E-state index in [-0.39, 0.29) is 12.5 Å². The monoisotopic (exact) mass is 1020 g/mol. The maximum Gasteiger partial charge on any atom is 0.268 e. The zero-order valence-electron chi connectivity index (χ0n) is 47.7. The highest BCUT2D eigenvalue weighted by Crippen LogP contribution is 2.38. The number of amides is 1. The number of phosphoric ester groups is 1. The molecule has 8 nitrogen and oxygen atoms in total. The summed E-state index contributed by atoms with van der Waals surface area (Å²) >= 11 is 0. The highest BCUT2D eigenvalue weighted by Gasteiger charge is 2.23. The van der Waals surface area contributed by atoms with Gasteiger partial charge < -0.3 is 28.8 Å². The van der Waals surface area contributed by atoms with Gasteiger partial charge in [0.2, 0.25) is 5.91 Å². The molecule has 0 aromatic heterocycles. The van der Waals surface area contributed by atoms with Crippen molar-refractivity contribution < 1.29 is 32.9 Å². The standard InChI is InChI=1S/C62H119N2O6P/c1-6-8-10-12-14-16-18-20-22-24-26-28-30-32-34-36-38-40-42-44-46-48-50-52-54-56-62(66)63-60(59-70-71(67,68)69-58-57-64(3,4)5)61(65)55-53-51-49-47-45-43-41-39-37-35-33-31-29-27-25-23-21-19-17-15-13-11-9-7-2/h18,20,24,26,45,47,53,55,60-61,65H,6-17,19,21-23,25,27-44,46,48-52,54,56-59H2,1-5H3,(H-,63,66,67,68)/b20-18-,26-24-,47-45+,55-53+. The first-order valence-corrected chi connectivity index (χ1v) is 32.0. The van der Waals surface area contributed by atoms with Crippen molar-refractivity contribution >= 4 is 13.7 Å². The fourth-order valence-electron chi connectivity index (χ4n) is 8.97. The smallest absolute Gasteiger partial charge is 0.268 e. The first-order chi connectivity index (χ1) is 34.5. The van der Waals surface area contributed by atoms with Gasteiger partial charge in [-0.1, -0.05) is 268 Å². The van der Waals surface area contributed by atoms with Crippen LogP contribution in [0.3, 0.4) is 0 Å². The number of carbonyl (C=O) groups excluding carboxylic acids is 1. The SMILES string of the molecule is CCCCCCC/C=C\C/C=C\CCCCCCCCCCCCCCCC(=O)NC(COP(=O)([O-])OCC[N+](C)(C)C)C(O)/C=C/CC/C=C/CCCCCCCCCCCCCCCCCCCC. The maximum atomic E-state index is 13.0. The number of aliphatic hydroxyl groups excluding tert-OH is 1. The number of rotatable bonds is 56. The Morgan fingerprint density at radius 2 is 0.831 bits per heavy atom. The summed E-state index contributed by atoms with van der Waals surface area (Å²) in [6.07, 6.45) is 70.6. The lowest BCUT2D eigenvalue weighted by Crippen LogP contribution is -2.45. The van der Waals surface area contributed by atoms with Gasteiger partial charge >= 0.3 is 0 Å². The average Bonchev–Trinajstić information content (AvgIpc) is 3.33. The van der Waals surface area contributed by atoms with Crippen molar-refractivity contribution in [1.29, 1.82) is 0 Å². The minimum absolute atomic E-state index is 0.00656. The second kappa shape index (κ2) is 53.3. The number of nitrogens with zero attached hydrogens (tertiary/aromatic N) is 1. The van der Waals surface area contributed by atoms with Gasteiger partial charge in [-0.25, -0.2) is 0 Å². The molecule has 0 bridgehead atoms. The highest BCUT2D eigenvalue weighted by atomic mass is 31.2. The van der Waals surface area contributed by atoms with E-state index in [1.807, 2.05) is 27.2 Å². The summed E-state index contributed by atoms with van der Waals surface area (Å²) in [6.45, 7) is 4.65. The van der Waals surface area contributed by atoms with Gasteiger partial charge in [0.05, 0.1) is 39.9 Å². The van der Waals surface area contributed by atoms with Crippen LogP contribution < -0.4 is 10.2 Å². The summed E-state index contributed by atoms with van der Waals surface area (Å²) < 4.78 is 23.4. The summed E-state index contributed by atoms with van der Waals surface area (Å²) in [6, 6.07) is -0.905. The summed E-state index contributed by atoms with van der Waals surface area (Å²) in [5.74, 6) is -0.205. The van der Waals surface area contributed by atoms with Crippen molar-refractivity contribution in [2.24, 2.45) is 0 Å². The third kappa shape index (κ3) is 56.0. The number of carbonyl (C=O) groups is 1. The largest absolute Gasteiger partial charge is 0.756 e. The lowest BCUT2D eigenvalue weighted by atomic mass is 10.0. The van der Waals surface area contributed by atoms with E-state index in [1.165, 1.54) is 225 Å². The number of hydrogen-bond acceptors (Lipinski definition) is 6. The Labute approximate surface area is 441 Å². The maximum absolute atomic E-state index is 13.0. The van der Waals surface area contributed by atoms with Crippen LogP contribution in [-0.2, 0) is 18.4 Å². The molecule has 2 N–H and O–H groups in total. The first kappa shape index (κ1) is 69.5. The molecule has 3 atom stereocenters. The van der Waals surface area contributed by atoms with Crippen LogP contribution >= 0.6 is 7.82 Å². The molecule has 0 aromatic carbocycles. The predicted molar refractivity (Wildman–Crippen MR) is 307 cm³/mol. The summed E-state index contributed by atoms with van der Waals surface area (Å²) in [5, 5.41) is 13.9. The number of allylic oxidation sites excluding steroid dienone is 7. The second-order valence-corrected chi connectivity index (χ2v) is 23.5. The Balaban J connectivity index is 4.21. The number of nitrogens with one attached hydrogen (secondary N) is 1. The topological polar surface area (TPSA) is 108 Å². The van der Waals surface area contributed by atoms with E-state index in [0.29, 0.717) is 17.4 Å². The van der Waals surface area contributed by atoms with Gasteiger partial charge in [0, 0.05) is 6.42 Å². The molecule has 0 saturated heterocycles. The molecule has 0 radical (unpaired) electrons. The van der Waals surface area contributed by atoms with Crippen molar-refractivity contribution in [3.05, 3.63) is 48.6 Å². The third-order valence-electron chi connectivity index (χ3n) is 13.8. The molecule has 0 fully saturated rings. The fourth-order valence-corrected chi connectivity index (χ4v) is 9.69. The Kier molecular flexibility index (Phi) is 52.1. The van der Waals surface area contributed by atoms with E-state index < -0.39 is 26.6 Å². The van der Waals surface area contributed by atoms with Crippen LogP contribution in [0.25, 0.3) is 0 Å². The molecule has 0 spiro atoms. The molecular formula is C62H119N2O6P. The van der Waals surface area contributed by atoms with Gasteiger partial charge in [0.15, 0.2) is 0 Å². The van der Waals surface area contributed by atoms with Gasteiger partial charge in [-0.05, 0) is 64.2 Å². The van der Waals surface area contributed by atoms with E-state index in [1.54, 1.807) is 6.08 Å². The van der Waals surface area contributed by atoms with Gasteiger partial charge in [-0.15, -0.1) is 0 Å². The quantitative estimate of drug-likeness (QED) is 0.0272. The molecule has 0 rings (SSSR count). The average molecular weight is 1020 g/mol. The molecule has 71 heavy (non-hydrogen) atoms. The van der Waals surface area contributed by atoms with E-state index in [4.69, 9.17) is 9.05 Å². The van der Waals surface area contributed by atoms with Crippen LogP contribution in [-0.4, -0.2) is 68.5 Å². The van der Waals surface area contributed by atoms with Gasteiger partial charge in [0.25, 0.3) is 7.82 Å². The molecule has 1 amide bonds. The molecule has 0 aliphatic heterocycles. The van der Waals surface area contributed by atoms with Gasteiger partial charge in [-0.3, -0.25) is 9.36 Å². The van der Waals surface area contributed by atoms with Crippen LogP contribution in [0.4, 0.5) is 0 Å². The minimum Gasteiger partial charge on any atom is -0.756 e. The first-order valence-electron chi connectivity index (χ1n) is 30.5. The predicted octanol–water partition coefficient (Wildman–Crippen LogP) is 18.1. The van der Waals surface area contributed by atoms with Crippen molar-refractivity contribution in [2.45, 2.75) is 302 Å². The number of quaternary nitrogens is 1. The lowest BCUT2D eigenvalue weighted by Gasteiger charge is -2.29. The van der Waals surface area contributed by atoms with Gasteiger partial charge in [0.1, 0.15) is 13.2 Å². The number of phosphoric acid groups is 1. The summed E-state index contributed by atoms with van der Waals surface area (Å²) in [4.78, 5) is 25.5. The summed E-state index contributed by atoms with van der Waals surface area (Å²) in [7, 11) is 1.25. The number of unbranched alkanes of at least 4 members (excludes halogenated alkanes) is 37. The third-order valence-corrected chi connectivity index (χ3v) is 14.7. The zero-order chi connectivity index (χ0) is 52.0. The highest BCUT2D eigenvalue weighted by molar-refractivity contribution is 7.45. The molecule has 0 heterocycles. The second-order valence-electron chi connectivity index (χ2n) is 22.0. The molecule has 9 heteroatoms. The normalized spacial score (nSPS) is 14.2. The molecule has 3 unspecified atom stereocenters. The van der Waals surface area contributed by atoms with Crippen molar-refractivity contribution in [3.63, 3.8) is 0 Å². The minimum atomic E-state index is -4.61. The van der Waals surface area contributed by atoms with Gasteiger partial charge in [-0.2, -0.15) is 0 Å². The molecule has 0 saturated carbocycles. The van der Waals surface area contributed by atoms with Crippen molar-refractivity contribution in [1.82, 2.24) is 5.32 Å².